The zero-order chi connectivity index (χ0) is 14.6. The number of nitrogens with one attached hydrogen (secondary N) is 1. The second kappa shape index (κ2) is 5.89. The van der Waals surface area contributed by atoms with Crippen LogP contribution in [0.2, 0.25) is 0 Å². The summed E-state index contributed by atoms with van der Waals surface area (Å²) in [4.78, 5) is 33.0. The summed E-state index contributed by atoms with van der Waals surface area (Å²) in [5, 5.41) is 10.6. The van der Waals surface area contributed by atoms with E-state index in [0.29, 0.717) is 0 Å². The Kier molecular flexibility index (Phi) is 4.51. The van der Waals surface area contributed by atoms with Crippen molar-refractivity contribution in [2.75, 3.05) is 0 Å². The van der Waals surface area contributed by atoms with Crippen molar-refractivity contribution in [3.05, 3.63) is 35.4 Å². The van der Waals surface area contributed by atoms with Gasteiger partial charge in [0.2, 0.25) is 5.91 Å². The molecule has 0 fully saturated rings. The number of rotatable bonds is 5. The van der Waals surface area contributed by atoms with Gasteiger partial charge < -0.3 is 16.2 Å². The van der Waals surface area contributed by atoms with Gasteiger partial charge in [0, 0.05) is 0 Å². The Bertz CT molecular complexity index is 533. The van der Waals surface area contributed by atoms with E-state index in [-0.39, 0.29) is 0 Å². The normalized spacial score (nSPS) is 11.7. The maximum absolute atomic E-state index is 13.3. The molecule has 1 rings (SSSR count). The third-order valence-corrected chi connectivity index (χ3v) is 2.20. The molecule has 0 aromatic heterocycles. The number of halogens is 2. The summed E-state index contributed by atoms with van der Waals surface area (Å²) in [6.07, 6.45) is -0.655. The van der Waals surface area contributed by atoms with Crippen LogP contribution in [0.3, 0.4) is 0 Å². The minimum absolute atomic E-state index is 0.655. The molecular weight excluding hydrogens is 262 g/mol. The zero-order valence-electron chi connectivity index (χ0n) is 9.52. The number of carboxylic acids is 1. The first-order chi connectivity index (χ1) is 8.82. The Morgan fingerprint density at radius 3 is 2.47 bits per heavy atom. The standard InChI is InChI=1S/C11H10F2N2O4/c12-6-3-1-2-5(9(6)13)10(17)15-7(11(18)19)4-8(14)16/h1-3,7H,4H2,(H2,14,16)(H,15,17)(H,18,19)/t7-/m0/s1. The number of primary amides is 1. The molecule has 0 bridgehead atoms. The van der Waals surface area contributed by atoms with Crippen LogP contribution in [-0.4, -0.2) is 28.9 Å². The average Bonchev–Trinajstić information content (AvgIpc) is 2.31. The predicted octanol–water partition coefficient (Wildman–Crippen LogP) is 0.0232. The molecule has 19 heavy (non-hydrogen) atoms. The lowest BCUT2D eigenvalue weighted by atomic mass is 10.1. The first-order valence-corrected chi connectivity index (χ1v) is 5.09. The molecule has 1 aromatic rings. The van der Waals surface area contributed by atoms with E-state index in [0.717, 1.165) is 18.2 Å². The minimum atomic E-state index is -1.60. The number of aliphatic carboxylic acids is 1. The Hall–Kier alpha value is -2.51. The lowest BCUT2D eigenvalue weighted by Gasteiger charge is -2.13. The molecule has 0 heterocycles. The first-order valence-electron chi connectivity index (χ1n) is 5.09. The Labute approximate surface area is 106 Å². The van der Waals surface area contributed by atoms with Gasteiger partial charge >= 0.3 is 5.97 Å². The average molecular weight is 272 g/mol. The van der Waals surface area contributed by atoms with E-state index in [9.17, 15) is 23.2 Å². The number of nitrogens with two attached hydrogens (primary N) is 1. The largest absolute Gasteiger partial charge is 0.480 e. The molecule has 0 aliphatic carbocycles. The van der Waals surface area contributed by atoms with E-state index in [1.807, 2.05) is 5.32 Å². The van der Waals surface area contributed by atoms with E-state index in [4.69, 9.17) is 10.8 Å². The third kappa shape index (κ3) is 3.73. The molecule has 0 aliphatic heterocycles. The first kappa shape index (κ1) is 14.6. The molecule has 8 heteroatoms. The minimum Gasteiger partial charge on any atom is -0.480 e. The van der Waals surface area contributed by atoms with E-state index in [1.165, 1.54) is 0 Å². The smallest absolute Gasteiger partial charge is 0.326 e. The van der Waals surface area contributed by atoms with Crippen LogP contribution in [0.4, 0.5) is 8.78 Å². The maximum Gasteiger partial charge on any atom is 0.326 e. The summed E-state index contributed by atoms with van der Waals surface area (Å²) in [7, 11) is 0. The predicted molar refractivity (Wildman–Crippen MR) is 59.1 cm³/mol. The highest BCUT2D eigenvalue weighted by Gasteiger charge is 2.24. The number of hydrogen-bond acceptors (Lipinski definition) is 3. The van der Waals surface area contributed by atoms with Gasteiger partial charge in [-0.25, -0.2) is 13.6 Å². The monoisotopic (exact) mass is 272 g/mol. The van der Waals surface area contributed by atoms with Crippen molar-refractivity contribution in [3.8, 4) is 0 Å². The van der Waals surface area contributed by atoms with E-state index in [1.54, 1.807) is 0 Å². The van der Waals surface area contributed by atoms with Gasteiger partial charge in [0.05, 0.1) is 12.0 Å². The van der Waals surface area contributed by atoms with Gasteiger partial charge in [-0.3, -0.25) is 9.59 Å². The van der Waals surface area contributed by atoms with Crippen molar-refractivity contribution in [1.82, 2.24) is 5.32 Å². The Morgan fingerprint density at radius 1 is 1.32 bits per heavy atom. The topological polar surface area (TPSA) is 109 Å². The van der Waals surface area contributed by atoms with Crippen molar-refractivity contribution in [2.45, 2.75) is 12.5 Å². The summed E-state index contributed by atoms with van der Waals surface area (Å²) in [5.74, 6) is -6.25. The molecule has 0 saturated heterocycles. The van der Waals surface area contributed by atoms with Crippen LogP contribution in [0.1, 0.15) is 16.8 Å². The maximum atomic E-state index is 13.3. The van der Waals surface area contributed by atoms with Crippen molar-refractivity contribution < 1.29 is 28.3 Å². The summed E-state index contributed by atoms with van der Waals surface area (Å²) in [6.45, 7) is 0. The van der Waals surface area contributed by atoms with Crippen LogP contribution in [0.5, 0.6) is 0 Å². The molecule has 6 nitrogen and oxygen atoms in total. The van der Waals surface area contributed by atoms with Gasteiger partial charge in [-0.15, -0.1) is 0 Å². The third-order valence-electron chi connectivity index (χ3n) is 2.20. The molecule has 0 aliphatic rings. The number of carboxylic acid groups (broad SMARTS) is 1. The molecule has 0 saturated carbocycles. The summed E-state index contributed by atoms with van der Waals surface area (Å²) in [5.41, 5.74) is 4.16. The van der Waals surface area contributed by atoms with Crippen LogP contribution in [0, 0.1) is 11.6 Å². The molecule has 0 spiro atoms. The highest BCUT2D eigenvalue weighted by atomic mass is 19.2. The molecule has 102 valence electrons. The van der Waals surface area contributed by atoms with Crippen molar-refractivity contribution in [3.63, 3.8) is 0 Å². The second-order valence-corrected chi connectivity index (χ2v) is 3.64. The quantitative estimate of drug-likeness (QED) is 0.702. The molecule has 2 amide bonds. The van der Waals surface area contributed by atoms with Crippen LogP contribution >= 0.6 is 0 Å². The number of hydrogen-bond donors (Lipinski definition) is 3. The van der Waals surface area contributed by atoms with Gasteiger partial charge in [-0.05, 0) is 12.1 Å². The van der Waals surface area contributed by atoms with Gasteiger partial charge in [-0.1, -0.05) is 6.07 Å². The van der Waals surface area contributed by atoms with Crippen LogP contribution < -0.4 is 11.1 Å². The summed E-state index contributed by atoms with van der Waals surface area (Å²) >= 11 is 0. The zero-order valence-corrected chi connectivity index (χ0v) is 9.52. The fourth-order valence-electron chi connectivity index (χ4n) is 1.32. The van der Waals surface area contributed by atoms with Gasteiger partial charge in [0.1, 0.15) is 6.04 Å². The van der Waals surface area contributed by atoms with Crippen molar-refractivity contribution in [2.24, 2.45) is 5.73 Å². The van der Waals surface area contributed by atoms with Crippen molar-refractivity contribution >= 4 is 17.8 Å². The SMILES string of the molecule is NC(=O)C[C@H](NC(=O)c1cccc(F)c1F)C(=O)O. The fraction of sp³-hybridized carbons (Fsp3) is 0.182. The van der Waals surface area contributed by atoms with Gasteiger partial charge in [-0.2, -0.15) is 0 Å². The van der Waals surface area contributed by atoms with E-state index >= 15 is 0 Å². The molecule has 0 unspecified atom stereocenters. The molecule has 1 aromatic carbocycles. The lowest BCUT2D eigenvalue weighted by Crippen LogP contribution is -2.43. The molecule has 4 N–H and O–H groups in total. The fourth-order valence-corrected chi connectivity index (χ4v) is 1.32. The number of amides is 2. The number of carbonyl (C=O) groups is 3. The number of carbonyl (C=O) groups excluding carboxylic acids is 2. The van der Waals surface area contributed by atoms with Gasteiger partial charge in [0.25, 0.3) is 5.91 Å². The molecule has 0 radical (unpaired) electrons. The van der Waals surface area contributed by atoms with Crippen LogP contribution in [0.15, 0.2) is 18.2 Å². The molecular formula is C11H10F2N2O4. The van der Waals surface area contributed by atoms with Crippen LogP contribution in [-0.2, 0) is 9.59 Å². The highest BCUT2D eigenvalue weighted by molar-refractivity contribution is 5.97. The lowest BCUT2D eigenvalue weighted by molar-refractivity contribution is -0.140. The second-order valence-electron chi connectivity index (χ2n) is 3.64. The van der Waals surface area contributed by atoms with E-state index in [2.05, 4.69) is 0 Å². The highest BCUT2D eigenvalue weighted by Crippen LogP contribution is 2.11. The van der Waals surface area contributed by atoms with Gasteiger partial charge in [0.15, 0.2) is 11.6 Å². The Balaban J connectivity index is 2.91. The van der Waals surface area contributed by atoms with Crippen molar-refractivity contribution in [1.29, 1.82) is 0 Å². The number of benzene rings is 1. The van der Waals surface area contributed by atoms with E-state index < -0.39 is 47.4 Å². The summed E-state index contributed by atoms with van der Waals surface area (Å²) in [6, 6.07) is 1.28. The van der Waals surface area contributed by atoms with Crippen LogP contribution in [0.25, 0.3) is 0 Å². The Morgan fingerprint density at radius 2 is 1.95 bits per heavy atom. The molecule has 1 atom stereocenters. The summed E-state index contributed by atoms with van der Waals surface area (Å²) < 4.78 is 26.2.